The van der Waals surface area contributed by atoms with Gasteiger partial charge in [0, 0.05) is 18.6 Å². The number of nitrogens with zero attached hydrogens (tertiary/aromatic N) is 1. The van der Waals surface area contributed by atoms with Gasteiger partial charge in [0.15, 0.2) is 17.7 Å². The highest BCUT2D eigenvalue weighted by Gasteiger charge is 2.25. The van der Waals surface area contributed by atoms with Crippen LogP contribution in [0.25, 0.3) is 0 Å². The van der Waals surface area contributed by atoms with Crippen LogP contribution in [0.3, 0.4) is 0 Å². The molecule has 0 saturated carbocycles. The predicted octanol–water partition coefficient (Wildman–Crippen LogP) is 2.11. The van der Waals surface area contributed by atoms with Crippen molar-refractivity contribution in [3.63, 3.8) is 0 Å². The standard InChI is InChI=1S/C15H14ClNO5S/c16-12-8-11(9-13-15(12)22-7-3-6-21-13)10-23(19,20)14-4-1-2-5-17(14)18/h1-2,4-5,8-9H,3,6-7,10H2. The van der Waals surface area contributed by atoms with Crippen molar-refractivity contribution < 1.29 is 22.6 Å². The van der Waals surface area contributed by atoms with Gasteiger partial charge in [-0.3, -0.25) is 0 Å². The average molecular weight is 356 g/mol. The van der Waals surface area contributed by atoms with Crippen molar-refractivity contribution in [2.24, 2.45) is 0 Å². The summed E-state index contributed by atoms with van der Waals surface area (Å²) in [7, 11) is -3.80. The number of pyridine rings is 1. The fourth-order valence-corrected chi connectivity index (χ4v) is 3.98. The van der Waals surface area contributed by atoms with Gasteiger partial charge in [0.2, 0.25) is 9.84 Å². The van der Waals surface area contributed by atoms with Gasteiger partial charge in [0.25, 0.3) is 0 Å². The van der Waals surface area contributed by atoms with Gasteiger partial charge in [0.05, 0.1) is 24.0 Å². The fraction of sp³-hybridized carbons (Fsp3) is 0.267. The largest absolute Gasteiger partial charge is 0.618 e. The number of ether oxygens (including phenoxy) is 2. The van der Waals surface area contributed by atoms with E-state index in [0.717, 1.165) is 12.6 Å². The lowest BCUT2D eigenvalue weighted by molar-refractivity contribution is -0.646. The Morgan fingerprint density at radius 2 is 2.00 bits per heavy atom. The SMILES string of the molecule is O=S(=O)(Cc1cc(Cl)c2c(c1)OCCCO2)c1cccc[n+]1[O-]. The van der Waals surface area contributed by atoms with Crippen molar-refractivity contribution in [1.29, 1.82) is 0 Å². The molecule has 0 spiro atoms. The van der Waals surface area contributed by atoms with Gasteiger partial charge < -0.3 is 14.7 Å². The van der Waals surface area contributed by atoms with Crippen molar-refractivity contribution in [3.05, 3.63) is 52.3 Å². The summed E-state index contributed by atoms with van der Waals surface area (Å²) in [5.41, 5.74) is 0.433. The van der Waals surface area contributed by atoms with E-state index in [-0.39, 0.29) is 15.8 Å². The highest BCUT2D eigenvalue weighted by atomic mass is 35.5. The van der Waals surface area contributed by atoms with Gasteiger partial charge in [-0.25, -0.2) is 8.42 Å². The highest BCUT2D eigenvalue weighted by molar-refractivity contribution is 7.90. The molecule has 0 bridgehead atoms. The van der Waals surface area contributed by atoms with Crippen molar-refractivity contribution in [2.45, 2.75) is 17.2 Å². The summed E-state index contributed by atoms with van der Waals surface area (Å²) in [4.78, 5) is 0. The molecule has 1 aliphatic rings. The van der Waals surface area contributed by atoms with Crippen LogP contribution in [-0.4, -0.2) is 21.6 Å². The van der Waals surface area contributed by atoms with Crippen LogP contribution < -0.4 is 14.2 Å². The van der Waals surface area contributed by atoms with E-state index < -0.39 is 9.84 Å². The van der Waals surface area contributed by atoms with Gasteiger partial charge >= 0.3 is 5.03 Å². The maximum absolute atomic E-state index is 12.4. The number of benzene rings is 1. The maximum atomic E-state index is 12.4. The fourth-order valence-electron chi connectivity index (χ4n) is 2.31. The monoisotopic (exact) mass is 355 g/mol. The molecule has 3 rings (SSSR count). The van der Waals surface area contributed by atoms with E-state index in [9.17, 15) is 13.6 Å². The second-order valence-corrected chi connectivity index (χ2v) is 7.42. The molecule has 1 aliphatic heterocycles. The Balaban J connectivity index is 1.96. The number of halogens is 1. The molecule has 0 unspecified atom stereocenters. The Morgan fingerprint density at radius 3 is 2.78 bits per heavy atom. The zero-order valence-corrected chi connectivity index (χ0v) is 13.6. The van der Waals surface area contributed by atoms with Crippen LogP contribution in [0.2, 0.25) is 5.02 Å². The molecule has 0 fully saturated rings. The molecular weight excluding hydrogens is 342 g/mol. The van der Waals surface area contributed by atoms with E-state index >= 15 is 0 Å². The molecule has 0 amide bonds. The van der Waals surface area contributed by atoms with Gasteiger partial charge in [0.1, 0.15) is 0 Å². The first-order valence-corrected chi connectivity index (χ1v) is 8.99. The predicted molar refractivity (Wildman–Crippen MR) is 83.4 cm³/mol. The van der Waals surface area contributed by atoms with Crippen LogP contribution in [0.5, 0.6) is 11.5 Å². The van der Waals surface area contributed by atoms with Gasteiger partial charge in [-0.15, -0.1) is 0 Å². The normalized spacial score (nSPS) is 14.3. The number of rotatable bonds is 3. The number of aromatic nitrogens is 1. The molecule has 1 aromatic heterocycles. The van der Waals surface area contributed by atoms with Crippen LogP contribution in [0.15, 0.2) is 41.6 Å². The Bertz CT molecular complexity index is 838. The first-order valence-electron chi connectivity index (χ1n) is 6.96. The minimum atomic E-state index is -3.80. The smallest absolute Gasteiger partial charge is 0.308 e. The molecule has 0 radical (unpaired) electrons. The van der Waals surface area contributed by atoms with Gasteiger partial charge in [-0.1, -0.05) is 11.6 Å². The van der Waals surface area contributed by atoms with Crippen molar-refractivity contribution in [1.82, 2.24) is 0 Å². The second kappa shape index (κ2) is 6.25. The molecule has 0 N–H and O–H groups in total. The Kier molecular flexibility index (Phi) is 4.32. The summed E-state index contributed by atoms with van der Waals surface area (Å²) in [6, 6.07) is 7.35. The second-order valence-electron chi connectivity index (χ2n) is 5.08. The van der Waals surface area contributed by atoms with Crippen LogP contribution in [-0.2, 0) is 15.6 Å². The minimum Gasteiger partial charge on any atom is -0.618 e. The molecule has 2 aromatic rings. The first-order chi connectivity index (χ1) is 11.0. The van der Waals surface area contributed by atoms with Crippen LogP contribution in [0.1, 0.15) is 12.0 Å². The van der Waals surface area contributed by atoms with Crippen LogP contribution in [0.4, 0.5) is 0 Å². The summed E-state index contributed by atoms with van der Waals surface area (Å²) in [6.07, 6.45) is 1.87. The molecule has 0 atom stereocenters. The summed E-state index contributed by atoms with van der Waals surface area (Å²) in [5, 5.41) is 11.7. The van der Waals surface area contributed by atoms with E-state index in [1.807, 2.05) is 0 Å². The first kappa shape index (κ1) is 15.9. The molecule has 8 heteroatoms. The van der Waals surface area contributed by atoms with Crippen molar-refractivity contribution in [2.75, 3.05) is 13.2 Å². The summed E-state index contributed by atoms with van der Waals surface area (Å²) in [5.74, 6) is 0.488. The van der Waals surface area contributed by atoms with E-state index in [1.165, 1.54) is 24.3 Å². The minimum absolute atomic E-state index is 0.290. The van der Waals surface area contributed by atoms with E-state index in [1.54, 1.807) is 6.07 Å². The molecule has 122 valence electrons. The molecule has 6 nitrogen and oxygen atoms in total. The van der Waals surface area contributed by atoms with Crippen LogP contribution >= 0.6 is 11.6 Å². The summed E-state index contributed by atoms with van der Waals surface area (Å²) in [6.45, 7) is 0.962. The number of hydrogen-bond donors (Lipinski definition) is 0. The Morgan fingerprint density at radius 1 is 1.22 bits per heavy atom. The highest BCUT2D eigenvalue weighted by Crippen LogP contribution is 2.38. The lowest BCUT2D eigenvalue weighted by Gasteiger charge is -2.11. The van der Waals surface area contributed by atoms with Crippen molar-refractivity contribution >= 4 is 21.4 Å². The molecule has 23 heavy (non-hydrogen) atoms. The lowest BCUT2D eigenvalue weighted by atomic mass is 10.2. The molecule has 0 saturated heterocycles. The van der Waals surface area contributed by atoms with E-state index in [0.29, 0.717) is 35.0 Å². The van der Waals surface area contributed by atoms with Gasteiger partial charge in [-0.2, -0.15) is 4.73 Å². The topological polar surface area (TPSA) is 79.5 Å². The molecule has 2 heterocycles. The third-order valence-corrected chi connectivity index (χ3v) is 5.27. The molecular formula is C15H14ClNO5S. The Labute approximate surface area is 138 Å². The van der Waals surface area contributed by atoms with Crippen LogP contribution in [0, 0.1) is 5.21 Å². The molecule has 0 aliphatic carbocycles. The lowest BCUT2D eigenvalue weighted by Crippen LogP contribution is -2.33. The summed E-state index contributed by atoms with van der Waals surface area (Å²) < 4.78 is 36.3. The summed E-state index contributed by atoms with van der Waals surface area (Å²) >= 11 is 6.16. The number of sulfone groups is 1. The zero-order chi connectivity index (χ0) is 16.4. The zero-order valence-electron chi connectivity index (χ0n) is 12.1. The average Bonchev–Trinajstić information content (AvgIpc) is 2.72. The number of fused-ring (bicyclic) bond motifs is 1. The Hall–Kier alpha value is -1.99. The quantitative estimate of drug-likeness (QED) is 0.622. The van der Waals surface area contributed by atoms with Gasteiger partial charge in [-0.05, 0) is 23.8 Å². The number of hydrogen-bond acceptors (Lipinski definition) is 5. The maximum Gasteiger partial charge on any atom is 0.308 e. The van der Waals surface area contributed by atoms with E-state index in [4.69, 9.17) is 21.1 Å². The third-order valence-electron chi connectivity index (χ3n) is 3.33. The van der Waals surface area contributed by atoms with Crippen molar-refractivity contribution in [3.8, 4) is 11.5 Å². The van der Waals surface area contributed by atoms with E-state index in [2.05, 4.69) is 0 Å². The molecule has 1 aromatic carbocycles. The third kappa shape index (κ3) is 3.35.